The first-order chi connectivity index (χ1) is 11.7. The molecule has 0 atom stereocenters. The summed E-state index contributed by atoms with van der Waals surface area (Å²) in [5.74, 6) is 0.345. The molecule has 0 aliphatic carbocycles. The number of aromatic nitrogens is 1. The fraction of sp³-hybridized carbons (Fsp3) is 0.158. The third kappa shape index (κ3) is 4.46. The third-order valence-corrected chi connectivity index (χ3v) is 5.55. The van der Waals surface area contributed by atoms with Gasteiger partial charge in [-0.05, 0) is 24.1 Å². The number of amides is 1. The summed E-state index contributed by atoms with van der Waals surface area (Å²) in [5.41, 5.74) is 4.15. The summed E-state index contributed by atoms with van der Waals surface area (Å²) >= 11 is 3.04. The van der Waals surface area contributed by atoms with E-state index in [-0.39, 0.29) is 5.91 Å². The zero-order valence-electron chi connectivity index (χ0n) is 13.4. The van der Waals surface area contributed by atoms with Crippen LogP contribution < -0.4 is 5.32 Å². The lowest BCUT2D eigenvalue weighted by atomic mass is 10.1. The van der Waals surface area contributed by atoms with Gasteiger partial charge >= 0.3 is 0 Å². The van der Waals surface area contributed by atoms with Crippen LogP contribution in [0, 0.1) is 0 Å². The summed E-state index contributed by atoms with van der Waals surface area (Å²) in [6, 6.07) is 18.0. The molecule has 122 valence electrons. The van der Waals surface area contributed by atoms with Crippen molar-refractivity contribution in [3.63, 3.8) is 0 Å². The van der Waals surface area contributed by atoms with Crippen LogP contribution in [-0.2, 0) is 11.2 Å². The minimum absolute atomic E-state index is 0.0132. The molecule has 0 unspecified atom stereocenters. The molecule has 0 spiro atoms. The van der Waals surface area contributed by atoms with E-state index in [1.807, 2.05) is 60.0 Å². The zero-order valence-corrected chi connectivity index (χ0v) is 15.0. The molecule has 1 aromatic heterocycles. The van der Waals surface area contributed by atoms with E-state index in [1.54, 1.807) is 11.3 Å². The fourth-order valence-electron chi connectivity index (χ4n) is 2.21. The second-order valence-electron chi connectivity index (χ2n) is 5.25. The van der Waals surface area contributed by atoms with Crippen molar-refractivity contribution in [3.8, 4) is 11.3 Å². The van der Waals surface area contributed by atoms with Gasteiger partial charge in [-0.25, -0.2) is 4.98 Å². The van der Waals surface area contributed by atoms with Crippen molar-refractivity contribution < 1.29 is 4.79 Å². The van der Waals surface area contributed by atoms with Gasteiger partial charge in [0.05, 0.1) is 11.4 Å². The van der Waals surface area contributed by atoms with Crippen molar-refractivity contribution in [3.05, 3.63) is 65.5 Å². The normalized spacial score (nSPS) is 10.5. The Hall–Kier alpha value is -2.11. The summed E-state index contributed by atoms with van der Waals surface area (Å²) in [5, 5.41) is 4.95. The van der Waals surface area contributed by atoms with Crippen LogP contribution in [0.2, 0.25) is 0 Å². The largest absolute Gasteiger partial charge is 0.325 e. The molecule has 0 radical (unpaired) electrons. The second kappa shape index (κ2) is 8.13. The van der Waals surface area contributed by atoms with Crippen LogP contribution in [0.5, 0.6) is 0 Å². The van der Waals surface area contributed by atoms with Crippen LogP contribution in [0.4, 0.5) is 5.69 Å². The van der Waals surface area contributed by atoms with Gasteiger partial charge in [-0.15, -0.1) is 11.3 Å². The standard InChI is InChI=1S/C19H18N2OS2/c1-2-14-8-10-16(11-9-14)20-18(22)13-24-19-21-17(12-23-19)15-6-4-3-5-7-15/h3-12H,2,13H2,1H3,(H,20,22). The molecule has 1 heterocycles. The van der Waals surface area contributed by atoms with Crippen molar-refractivity contribution >= 4 is 34.7 Å². The van der Waals surface area contributed by atoms with Gasteiger partial charge in [0.15, 0.2) is 4.34 Å². The highest BCUT2D eigenvalue weighted by atomic mass is 32.2. The topological polar surface area (TPSA) is 42.0 Å². The van der Waals surface area contributed by atoms with Crippen molar-refractivity contribution in [2.24, 2.45) is 0 Å². The predicted molar refractivity (Wildman–Crippen MR) is 103 cm³/mol. The molecule has 24 heavy (non-hydrogen) atoms. The van der Waals surface area contributed by atoms with Gasteiger partial charge in [-0.2, -0.15) is 0 Å². The SMILES string of the molecule is CCc1ccc(NC(=O)CSc2nc(-c3ccccc3)cs2)cc1. The molecule has 0 fully saturated rings. The van der Waals surface area contributed by atoms with Crippen LogP contribution in [0.25, 0.3) is 11.3 Å². The molecule has 0 saturated carbocycles. The fourth-order valence-corrected chi connectivity index (χ4v) is 3.85. The van der Waals surface area contributed by atoms with Crippen molar-refractivity contribution in [1.29, 1.82) is 0 Å². The van der Waals surface area contributed by atoms with Gasteiger partial charge in [0, 0.05) is 16.6 Å². The maximum Gasteiger partial charge on any atom is 0.234 e. The van der Waals surface area contributed by atoms with E-state index in [1.165, 1.54) is 17.3 Å². The van der Waals surface area contributed by atoms with E-state index in [0.717, 1.165) is 27.7 Å². The Bertz CT molecular complexity index is 798. The van der Waals surface area contributed by atoms with Gasteiger partial charge in [-0.3, -0.25) is 4.79 Å². The Morgan fingerprint density at radius 3 is 2.58 bits per heavy atom. The van der Waals surface area contributed by atoms with Gasteiger partial charge in [0.25, 0.3) is 0 Å². The highest BCUT2D eigenvalue weighted by Crippen LogP contribution is 2.28. The monoisotopic (exact) mass is 354 g/mol. The van der Waals surface area contributed by atoms with Crippen molar-refractivity contribution in [1.82, 2.24) is 4.98 Å². The van der Waals surface area contributed by atoms with Crippen LogP contribution >= 0.6 is 23.1 Å². The molecule has 0 bridgehead atoms. The second-order valence-corrected chi connectivity index (χ2v) is 7.33. The molecule has 3 aromatic rings. The zero-order chi connectivity index (χ0) is 16.8. The van der Waals surface area contributed by atoms with E-state index in [4.69, 9.17) is 0 Å². The Kier molecular flexibility index (Phi) is 5.67. The first kappa shape index (κ1) is 16.7. The number of hydrogen-bond donors (Lipinski definition) is 1. The molecule has 1 N–H and O–H groups in total. The number of carbonyl (C=O) groups excluding carboxylic acids is 1. The Labute approximate surface area is 150 Å². The van der Waals surface area contributed by atoms with E-state index < -0.39 is 0 Å². The van der Waals surface area contributed by atoms with Crippen LogP contribution in [0.15, 0.2) is 64.3 Å². The van der Waals surface area contributed by atoms with Crippen LogP contribution in [0.1, 0.15) is 12.5 Å². The lowest BCUT2D eigenvalue weighted by molar-refractivity contribution is -0.113. The molecule has 2 aromatic carbocycles. The molecule has 0 aliphatic heterocycles. The summed E-state index contributed by atoms with van der Waals surface area (Å²) in [7, 11) is 0. The maximum atomic E-state index is 12.1. The number of benzene rings is 2. The molecule has 0 aliphatic rings. The van der Waals surface area contributed by atoms with Gasteiger partial charge in [0.1, 0.15) is 0 Å². The van der Waals surface area contributed by atoms with Gasteiger partial charge in [-0.1, -0.05) is 61.2 Å². The molecular formula is C19H18N2OS2. The molecule has 3 nitrogen and oxygen atoms in total. The van der Waals surface area contributed by atoms with Crippen molar-refractivity contribution in [2.45, 2.75) is 17.7 Å². The van der Waals surface area contributed by atoms with Crippen LogP contribution in [0.3, 0.4) is 0 Å². The summed E-state index contributed by atoms with van der Waals surface area (Å²) in [4.78, 5) is 16.6. The molecule has 1 amide bonds. The number of rotatable bonds is 6. The van der Waals surface area contributed by atoms with Crippen molar-refractivity contribution in [2.75, 3.05) is 11.1 Å². The number of carbonyl (C=O) groups is 1. The molecular weight excluding hydrogens is 336 g/mol. The lowest BCUT2D eigenvalue weighted by Crippen LogP contribution is -2.13. The third-order valence-electron chi connectivity index (χ3n) is 3.53. The number of nitrogens with one attached hydrogen (secondary N) is 1. The summed E-state index contributed by atoms with van der Waals surface area (Å²) < 4.78 is 0.908. The van der Waals surface area contributed by atoms with Crippen LogP contribution in [-0.4, -0.2) is 16.6 Å². The molecule has 3 rings (SSSR count). The average molecular weight is 354 g/mol. The Morgan fingerprint density at radius 2 is 1.88 bits per heavy atom. The minimum atomic E-state index is -0.0132. The minimum Gasteiger partial charge on any atom is -0.325 e. The predicted octanol–water partition coefficient (Wildman–Crippen LogP) is 5.10. The first-order valence-electron chi connectivity index (χ1n) is 7.77. The number of thioether (sulfide) groups is 1. The maximum absolute atomic E-state index is 12.1. The number of aryl methyl sites for hydroxylation is 1. The van der Waals surface area contributed by atoms with Gasteiger partial charge < -0.3 is 5.32 Å². The van der Waals surface area contributed by atoms with E-state index in [9.17, 15) is 4.79 Å². The quantitative estimate of drug-likeness (QED) is 0.626. The number of thiazole rings is 1. The highest BCUT2D eigenvalue weighted by Gasteiger charge is 2.08. The first-order valence-corrected chi connectivity index (χ1v) is 9.63. The highest BCUT2D eigenvalue weighted by molar-refractivity contribution is 8.01. The molecule has 5 heteroatoms. The van der Waals surface area contributed by atoms with E-state index in [0.29, 0.717) is 5.75 Å². The smallest absolute Gasteiger partial charge is 0.234 e. The summed E-state index contributed by atoms with van der Waals surface area (Å²) in [6.07, 6.45) is 0.998. The Balaban J connectivity index is 1.53. The van der Waals surface area contributed by atoms with E-state index in [2.05, 4.69) is 17.2 Å². The number of hydrogen-bond acceptors (Lipinski definition) is 4. The Morgan fingerprint density at radius 1 is 1.12 bits per heavy atom. The van der Waals surface area contributed by atoms with Gasteiger partial charge in [0.2, 0.25) is 5.91 Å². The number of nitrogens with zero attached hydrogens (tertiary/aromatic N) is 1. The average Bonchev–Trinajstić information content (AvgIpc) is 3.10. The van der Waals surface area contributed by atoms with E-state index >= 15 is 0 Å². The lowest BCUT2D eigenvalue weighted by Gasteiger charge is -2.05. The number of anilines is 1. The molecule has 0 saturated heterocycles. The summed E-state index contributed by atoms with van der Waals surface area (Å²) in [6.45, 7) is 2.11.